The Morgan fingerprint density at radius 3 is 2.46 bits per heavy atom. The van der Waals surface area contributed by atoms with E-state index in [0.29, 0.717) is 74.4 Å². The van der Waals surface area contributed by atoms with Gasteiger partial charge in [-0.15, -0.1) is 5.10 Å². The predicted octanol–water partition coefficient (Wildman–Crippen LogP) is 1.55. The lowest BCUT2D eigenvalue weighted by molar-refractivity contribution is 0.171. The number of rotatable bonds is 5. The average Bonchev–Trinajstić information content (AvgIpc) is 3.32. The molecule has 11 nitrogen and oxygen atoms in total. The Morgan fingerprint density at radius 2 is 1.66 bits per heavy atom. The normalized spacial score (nSPS) is 16.5. The van der Waals surface area contributed by atoms with Crippen molar-refractivity contribution in [2.75, 3.05) is 44.3 Å². The summed E-state index contributed by atoms with van der Waals surface area (Å²) in [6, 6.07) is 14.7. The zero-order valence-electron chi connectivity index (χ0n) is 18.8. The maximum atomic E-state index is 13.3. The smallest absolute Gasteiger partial charge is 0.243 e. The number of aromatic nitrogens is 5. The van der Waals surface area contributed by atoms with Crippen LogP contribution in [0, 0.1) is 0 Å². The van der Waals surface area contributed by atoms with Crippen molar-refractivity contribution in [2.45, 2.75) is 11.4 Å². The van der Waals surface area contributed by atoms with Crippen LogP contribution in [-0.4, -0.2) is 77.1 Å². The summed E-state index contributed by atoms with van der Waals surface area (Å²) in [4.78, 5) is 11.1. The molecule has 0 atom stereocenters. The highest BCUT2D eigenvalue weighted by molar-refractivity contribution is 7.89. The number of anilines is 1. The molecule has 180 valence electrons. The highest BCUT2D eigenvalue weighted by atomic mass is 32.2. The summed E-state index contributed by atoms with van der Waals surface area (Å²) < 4.78 is 40.8. The van der Waals surface area contributed by atoms with E-state index >= 15 is 0 Å². The number of piperazine rings is 1. The maximum Gasteiger partial charge on any atom is 0.243 e. The number of benzene rings is 2. The van der Waals surface area contributed by atoms with Gasteiger partial charge in [-0.3, -0.25) is 0 Å². The zero-order chi connectivity index (χ0) is 23.8. The quantitative estimate of drug-likeness (QED) is 0.408. The van der Waals surface area contributed by atoms with Gasteiger partial charge in [-0.2, -0.15) is 4.31 Å². The molecule has 2 aliphatic heterocycles. The molecule has 0 spiro atoms. The van der Waals surface area contributed by atoms with Crippen molar-refractivity contribution >= 4 is 27.0 Å². The molecule has 1 saturated heterocycles. The molecule has 2 aromatic heterocycles. The standard InChI is InChI=1S/C23H23N7O4S/c31-35(32,18-6-7-19-20(14-18)34-13-12-33-19)29-10-8-28(9-11-29)22-21-23(25-16-24-22)30(27-26-21)15-17-4-2-1-3-5-17/h1-7,14,16H,8-13,15H2. The molecular formula is C23H23N7O4S. The summed E-state index contributed by atoms with van der Waals surface area (Å²) >= 11 is 0. The molecule has 0 radical (unpaired) electrons. The second kappa shape index (κ2) is 8.78. The molecular weight excluding hydrogens is 470 g/mol. The van der Waals surface area contributed by atoms with E-state index in [2.05, 4.69) is 20.3 Å². The largest absolute Gasteiger partial charge is 0.486 e. The first-order chi connectivity index (χ1) is 17.1. The number of hydrogen-bond acceptors (Lipinski definition) is 9. The van der Waals surface area contributed by atoms with Gasteiger partial charge in [-0.1, -0.05) is 35.5 Å². The average molecular weight is 494 g/mol. The summed E-state index contributed by atoms with van der Waals surface area (Å²) in [5, 5.41) is 8.62. The minimum Gasteiger partial charge on any atom is -0.486 e. The Labute approximate surface area is 202 Å². The number of nitrogens with zero attached hydrogens (tertiary/aromatic N) is 7. The first-order valence-corrected chi connectivity index (χ1v) is 12.8. The van der Waals surface area contributed by atoms with Crippen LogP contribution in [0.1, 0.15) is 5.56 Å². The third kappa shape index (κ3) is 4.04. The van der Waals surface area contributed by atoms with Crippen molar-refractivity contribution in [3.63, 3.8) is 0 Å². The molecule has 2 aliphatic rings. The van der Waals surface area contributed by atoms with Crippen molar-refractivity contribution in [2.24, 2.45) is 0 Å². The molecule has 0 bridgehead atoms. The fourth-order valence-electron chi connectivity index (χ4n) is 4.35. The van der Waals surface area contributed by atoms with E-state index < -0.39 is 10.0 Å². The van der Waals surface area contributed by atoms with E-state index in [1.54, 1.807) is 16.8 Å². The van der Waals surface area contributed by atoms with E-state index in [-0.39, 0.29) is 4.90 Å². The maximum absolute atomic E-state index is 13.3. The van der Waals surface area contributed by atoms with Crippen LogP contribution >= 0.6 is 0 Å². The summed E-state index contributed by atoms with van der Waals surface area (Å²) in [5.41, 5.74) is 2.34. The molecule has 12 heteroatoms. The van der Waals surface area contributed by atoms with Gasteiger partial charge in [0.25, 0.3) is 0 Å². The van der Waals surface area contributed by atoms with Crippen LogP contribution in [0.4, 0.5) is 5.82 Å². The summed E-state index contributed by atoms with van der Waals surface area (Å²) in [5.74, 6) is 1.68. The van der Waals surface area contributed by atoms with E-state index in [1.165, 1.54) is 16.7 Å². The van der Waals surface area contributed by atoms with Gasteiger partial charge >= 0.3 is 0 Å². The first-order valence-electron chi connectivity index (χ1n) is 11.3. The van der Waals surface area contributed by atoms with Gasteiger partial charge in [0.15, 0.2) is 28.5 Å². The summed E-state index contributed by atoms with van der Waals surface area (Å²) in [7, 11) is -3.67. The van der Waals surface area contributed by atoms with Gasteiger partial charge in [0, 0.05) is 32.2 Å². The van der Waals surface area contributed by atoms with Gasteiger partial charge in [-0.25, -0.2) is 23.1 Å². The highest BCUT2D eigenvalue weighted by Crippen LogP contribution is 2.33. The third-order valence-electron chi connectivity index (χ3n) is 6.15. The zero-order valence-corrected chi connectivity index (χ0v) is 19.6. The van der Waals surface area contributed by atoms with Crippen molar-refractivity contribution in [3.05, 3.63) is 60.4 Å². The van der Waals surface area contributed by atoms with E-state index in [1.807, 2.05) is 35.2 Å². The Bertz CT molecular complexity index is 1470. The first kappa shape index (κ1) is 21.7. The SMILES string of the molecule is O=S(=O)(c1ccc2c(c1)OCCO2)N1CCN(c2ncnc3c2nnn3Cc2ccccc2)CC1. The van der Waals surface area contributed by atoms with Gasteiger partial charge in [-0.05, 0) is 17.7 Å². The molecule has 1 fully saturated rings. The van der Waals surface area contributed by atoms with Crippen LogP contribution in [0.15, 0.2) is 59.8 Å². The van der Waals surface area contributed by atoms with E-state index in [4.69, 9.17) is 9.47 Å². The Kier molecular flexibility index (Phi) is 5.46. The molecule has 0 saturated carbocycles. The molecule has 0 amide bonds. The summed E-state index contributed by atoms with van der Waals surface area (Å²) in [6.45, 7) is 3.00. The molecule has 2 aromatic carbocycles. The molecule has 0 aliphatic carbocycles. The van der Waals surface area contributed by atoms with Crippen LogP contribution < -0.4 is 14.4 Å². The second-order valence-electron chi connectivity index (χ2n) is 8.30. The molecule has 4 heterocycles. The van der Waals surface area contributed by atoms with Crippen molar-refractivity contribution in [1.82, 2.24) is 29.3 Å². The molecule has 0 unspecified atom stereocenters. The number of hydrogen-bond donors (Lipinski definition) is 0. The Morgan fingerprint density at radius 1 is 0.886 bits per heavy atom. The lowest BCUT2D eigenvalue weighted by atomic mass is 10.2. The Hall–Kier alpha value is -3.77. The fraction of sp³-hybridized carbons (Fsp3) is 0.304. The molecule has 0 N–H and O–H groups in total. The number of sulfonamides is 1. The number of ether oxygens (including phenoxy) is 2. The highest BCUT2D eigenvalue weighted by Gasteiger charge is 2.31. The minimum absolute atomic E-state index is 0.198. The van der Waals surface area contributed by atoms with Crippen LogP contribution in [0.25, 0.3) is 11.2 Å². The van der Waals surface area contributed by atoms with E-state index in [0.717, 1.165) is 5.56 Å². The lowest BCUT2D eigenvalue weighted by Gasteiger charge is -2.34. The van der Waals surface area contributed by atoms with Crippen molar-refractivity contribution in [1.29, 1.82) is 0 Å². The van der Waals surface area contributed by atoms with Crippen LogP contribution in [0.5, 0.6) is 11.5 Å². The molecule has 6 rings (SSSR count). The monoisotopic (exact) mass is 493 g/mol. The predicted molar refractivity (Wildman–Crippen MR) is 127 cm³/mol. The van der Waals surface area contributed by atoms with Crippen LogP contribution in [0.2, 0.25) is 0 Å². The van der Waals surface area contributed by atoms with Crippen molar-refractivity contribution in [3.8, 4) is 11.5 Å². The summed E-state index contributed by atoms with van der Waals surface area (Å²) in [6.07, 6.45) is 1.50. The minimum atomic E-state index is -3.67. The van der Waals surface area contributed by atoms with Gasteiger partial charge < -0.3 is 14.4 Å². The molecule has 4 aromatic rings. The van der Waals surface area contributed by atoms with Gasteiger partial charge in [0.2, 0.25) is 10.0 Å². The van der Waals surface area contributed by atoms with Gasteiger partial charge in [0.05, 0.1) is 11.4 Å². The molecule has 35 heavy (non-hydrogen) atoms. The Balaban J connectivity index is 1.20. The van der Waals surface area contributed by atoms with Crippen molar-refractivity contribution < 1.29 is 17.9 Å². The van der Waals surface area contributed by atoms with E-state index in [9.17, 15) is 8.42 Å². The fourth-order valence-corrected chi connectivity index (χ4v) is 5.79. The van der Waals surface area contributed by atoms with Crippen LogP contribution in [0.3, 0.4) is 0 Å². The van der Waals surface area contributed by atoms with Gasteiger partial charge in [0.1, 0.15) is 19.5 Å². The second-order valence-corrected chi connectivity index (χ2v) is 10.2. The lowest BCUT2D eigenvalue weighted by Crippen LogP contribution is -2.49. The third-order valence-corrected chi connectivity index (χ3v) is 8.04. The topological polar surface area (TPSA) is 116 Å². The number of fused-ring (bicyclic) bond motifs is 2. The van der Waals surface area contributed by atoms with Crippen LogP contribution in [-0.2, 0) is 16.6 Å².